The number of aliphatic carboxylic acids is 2. The predicted molar refractivity (Wildman–Crippen MR) is 54.5 cm³/mol. The Kier molecular flexibility index (Phi) is 3.88. The van der Waals surface area contributed by atoms with E-state index in [1.54, 1.807) is 0 Å². The second kappa shape index (κ2) is 4.96. The minimum atomic E-state index is -1.08. The summed E-state index contributed by atoms with van der Waals surface area (Å²) in [4.78, 5) is 21.8. The molecule has 0 aromatic carbocycles. The highest BCUT2D eigenvalue weighted by atomic mass is 16.4. The van der Waals surface area contributed by atoms with Crippen LogP contribution in [-0.4, -0.2) is 22.2 Å². The van der Waals surface area contributed by atoms with E-state index < -0.39 is 17.9 Å². The lowest BCUT2D eigenvalue weighted by molar-refractivity contribution is -0.143. The molecule has 1 rings (SSSR count). The summed E-state index contributed by atoms with van der Waals surface area (Å²) in [6.45, 7) is 1.44. The lowest BCUT2D eigenvalue weighted by atomic mass is 9.86. The first kappa shape index (κ1) is 11.8. The summed E-state index contributed by atoms with van der Waals surface area (Å²) >= 11 is 0. The van der Waals surface area contributed by atoms with Gasteiger partial charge in [-0.2, -0.15) is 0 Å². The molecule has 0 aromatic heterocycles. The number of hydrogen-bond donors (Lipinski definition) is 2. The lowest BCUT2D eigenvalue weighted by Gasteiger charge is -2.19. The van der Waals surface area contributed by atoms with Crippen molar-refractivity contribution in [2.24, 2.45) is 5.92 Å². The van der Waals surface area contributed by atoms with Gasteiger partial charge in [0.1, 0.15) is 0 Å². The summed E-state index contributed by atoms with van der Waals surface area (Å²) in [6, 6.07) is 0. The van der Waals surface area contributed by atoms with Crippen molar-refractivity contribution in [3.8, 4) is 0 Å². The van der Waals surface area contributed by atoms with Crippen LogP contribution in [0.3, 0.4) is 0 Å². The van der Waals surface area contributed by atoms with Crippen LogP contribution >= 0.6 is 0 Å². The number of hydrogen-bond acceptors (Lipinski definition) is 2. The van der Waals surface area contributed by atoms with Crippen molar-refractivity contribution in [3.05, 3.63) is 11.1 Å². The molecule has 0 saturated heterocycles. The van der Waals surface area contributed by atoms with Gasteiger partial charge < -0.3 is 10.2 Å². The standard InChI is InChI=1S/C11H16O4/c1-7(10(12)13)9(11(14)15)8-5-3-2-4-6-8/h7H,2-6H2,1H3,(H,12,13)(H,14,15). The molecular formula is C11H16O4. The van der Waals surface area contributed by atoms with Crippen molar-refractivity contribution in [1.82, 2.24) is 0 Å². The minimum absolute atomic E-state index is 0.0993. The minimum Gasteiger partial charge on any atom is -0.481 e. The van der Waals surface area contributed by atoms with Crippen molar-refractivity contribution in [3.63, 3.8) is 0 Å². The van der Waals surface area contributed by atoms with Gasteiger partial charge in [0.25, 0.3) is 0 Å². The predicted octanol–water partition coefficient (Wildman–Crippen LogP) is 2.05. The van der Waals surface area contributed by atoms with E-state index in [4.69, 9.17) is 10.2 Å². The first-order chi connectivity index (χ1) is 7.04. The maximum absolute atomic E-state index is 11.0. The molecule has 0 aromatic rings. The largest absolute Gasteiger partial charge is 0.481 e. The van der Waals surface area contributed by atoms with Gasteiger partial charge in [-0.1, -0.05) is 12.0 Å². The first-order valence-electron chi connectivity index (χ1n) is 5.22. The summed E-state index contributed by atoms with van der Waals surface area (Å²) in [5.41, 5.74) is 0.922. The van der Waals surface area contributed by atoms with E-state index in [1.165, 1.54) is 6.92 Å². The van der Waals surface area contributed by atoms with Crippen LogP contribution in [0.4, 0.5) is 0 Å². The van der Waals surface area contributed by atoms with Crippen LogP contribution in [0.15, 0.2) is 11.1 Å². The van der Waals surface area contributed by atoms with Gasteiger partial charge in [0.05, 0.1) is 11.5 Å². The molecule has 0 heterocycles. The molecule has 1 aliphatic rings. The molecule has 1 unspecified atom stereocenters. The van der Waals surface area contributed by atoms with Crippen LogP contribution in [0.5, 0.6) is 0 Å². The molecule has 1 fully saturated rings. The van der Waals surface area contributed by atoms with Crippen LogP contribution in [0, 0.1) is 5.92 Å². The molecule has 0 spiro atoms. The van der Waals surface area contributed by atoms with Gasteiger partial charge in [-0.25, -0.2) is 4.79 Å². The fraction of sp³-hybridized carbons (Fsp3) is 0.636. The average molecular weight is 212 g/mol. The Morgan fingerprint density at radius 2 is 1.67 bits per heavy atom. The van der Waals surface area contributed by atoms with Gasteiger partial charge in [-0.05, 0) is 32.6 Å². The van der Waals surface area contributed by atoms with Gasteiger partial charge in [0.2, 0.25) is 0 Å². The van der Waals surface area contributed by atoms with E-state index in [2.05, 4.69) is 0 Å². The Morgan fingerprint density at radius 3 is 2.07 bits per heavy atom. The topological polar surface area (TPSA) is 74.6 Å². The number of rotatable bonds is 3. The molecule has 1 saturated carbocycles. The normalized spacial score (nSPS) is 18.3. The zero-order chi connectivity index (χ0) is 11.4. The van der Waals surface area contributed by atoms with Gasteiger partial charge in [-0.15, -0.1) is 0 Å². The molecular weight excluding hydrogens is 196 g/mol. The average Bonchev–Trinajstić information content (AvgIpc) is 2.18. The zero-order valence-electron chi connectivity index (χ0n) is 8.82. The van der Waals surface area contributed by atoms with Crippen molar-refractivity contribution >= 4 is 11.9 Å². The fourth-order valence-corrected chi connectivity index (χ4v) is 2.01. The van der Waals surface area contributed by atoms with Crippen molar-refractivity contribution < 1.29 is 19.8 Å². The third kappa shape index (κ3) is 2.81. The maximum atomic E-state index is 11.0. The van der Waals surface area contributed by atoms with Crippen molar-refractivity contribution in [2.75, 3.05) is 0 Å². The summed E-state index contributed by atoms with van der Waals surface area (Å²) in [5.74, 6) is -3.05. The smallest absolute Gasteiger partial charge is 0.332 e. The van der Waals surface area contributed by atoms with Crippen LogP contribution < -0.4 is 0 Å². The Morgan fingerprint density at radius 1 is 1.13 bits per heavy atom. The van der Waals surface area contributed by atoms with Gasteiger partial charge >= 0.3 is 11.9 Å². The SMILES string of the molecule is CC(C(=O)O)C(C(=O)O)=C1CCCCC1. The lowest BCUT2D eigenvalue weighted by Crippen LogP contribution is -2.21. The molecule has 0 bridgehead atoms. The monoisotopic (exact) mass is 212 g/mol. The third-order valence-corrected chi connectivity index (χ3v) is 2.87. The van der Waals surface area contributed by atoms with Crippen molar-refractivity contribution in [1.29, 1.82) is 0 Å². The van der Waals surface area contributed by atoms with E-state index in [1.807, 2.05) is 0 Å². The molecule has 4 heteroatoms. The highest BCUT2D eigenvalue weighted by molar-refractivity contribution is 5.94. The highest BCUT2D eigenvalue weighted by Gasteiger charge is 2.26. The Balaban J connectivity index is 2.98. The van der Waals surface area contributed by atoms with E-state index in [0.29, 0.717) is 0 Å². The van der Waals surface area contributed by atoms with Gasteiger partial charge in [-0.3, -0.25) is 4.79 Å². The summed E-state index contributed by atoms with van der Waals surface area (Å²) in [6.07, 6.45) is 4.52. The third-order valence-electron chi connectivity index (χ3n) is 2.87. The van der Waals surface area contributed by atoms with E-state index in [0.717, 1.165) is 37.7 Å². The molecule has 0 amide bonds. The van der Waals surface area contributed by atoms with E-state index in [-0.39, 0.29) is 5.57 Å². The Bertz CT molecular complexity index is 296. The van der Waals surface area contributed by atoms with Gasteiger partial charge in [0.15, 0.2) is 0 Å². The van der Waals surface area contributed by atoms with Gasteiger partial charge in [0, 0.05) is 0 Å². The molecule has 0 radical (unpaired) electrons. The number of allylic oxidation sites excluding steroid dienone is 1. The summed E-state index contributed by atoms with van der Waals surface area (Å²) < 4.78 is 0. The van der Waals surface area contributed by atoms with Crippen LogP contribution in [0.25, 0.3) is 0 Å². The molecule has 0 aliphatic heterocycles. The summed E-state index contributed by atoms with van der Waals surface area (Å²) in [5, 5.41) is 17.9. The molecule has 2 N–H and O–H groups in total. The van der Waals surface area contributed by atoms with Crippen molar-refractivity contribution in [2.45, 2.75) is 39.0 Å². The molecule has 1 aliphatic carbocycles. The molecule has 4 nitrogen and oxygen atoms in total. The van der Waals surface area contributed by atoms with Crippen LogP contribution in [0.1, 0.15) is 39.0 Å². The number of carboxylic acids is 2. The fourth-order valence-electron chi connectivity index (χ4n) is 2.01. The quantitative estimate of drug-likeness (QED) is 0.702. The molecule has 15 heavy (non-hydrogen) atoms. The maximum Gasteiger partial charge on any atom is 0.332 e. The highest BCUT2D eigenvalue weighted by Crippen LogP contribution is 2.29. The van der Waals surface area contributed by atoms with Crippen LogP contribution in [0.2, 0.25) is 0 Å². The number of carbonyl (C=O) groups is 2. The second-order valence-electron chi connectivity index (χ2n) is 3.94. The Labute approximate surface area is 88.6 Å². The van der Waals surface area contributed by atoms with E-state index >= 15 is 0 Å². The first-order valence-corrected chi connectivity index (χ1v) is 5.22. The van der Waals surface area contributed by atoms with E-state index in [9.17, 15) is 9.59 Å². The molecule has 1 atom stereocenters. The zero-order valence-corrected chi connectivity index (χ0v) is 8.82. The molecule has 84 valence electrons. The Hall–Kier alpha value is -1.32. The summed E-state index contributed by atoms with van der Waals surface area (Å²) in [7, 11) is 0. The second-order valence-corrected chi connectivity index (χ2v) is 3.94. The number of carboxylic acid groups (broad SMARTS) is 2. The van der Waals surface area contributed by atoms with Crippen LogP contribution in [-0.2, 0) is 9.59 Å².